The van der Waals surface area contributed by atoms with Crippen LogP contribution in [0.3, 0.4) is 0 Å². The zero-order valence-electron chi connectivity index (χ0n) is 11.9. The van der Waals surface area contributed by atoms with E-state index in [1.54, 1.807) is 12.5 Å². The predicted octanol–water partition coefficient (Wildman–Crippen LogP) is 4.58. The van der Waals surface area contributed by atoms with Crippen LogP contribution in [0.25, 0.3) is 0 Å². The molecular formula is C17H23NO. The molecule has 0 heterocycles. The molecule has 0 aliphatic heterocycles. The average molecular weight is 257 g/mol. The Balaban J connectivity index is 1.97. The van der Waals surface area contributed by atoms with Crippen LogP contribution >= 0.6 is 0 Å². The Morgan fingerprint density at radius 2 is 2.05 bits per heavy atom. The van der Waals surface area contributed by atoms with Crippen LogP contribution in [0.1, 0.15) is 56.3 Å². The zero-order chi connectivity index (χ0) is 13.7. The van der Waals surface area contributed by atoms with Gasteiger partial charge in [-0.05, 0) is 56.9 Å². The van der Waals surface area contributed by atoms with Crippen LogP contribution in [-0.4, -0.2) is 11.8 Å². The molecule has 2 nitrogen and oxygen atoms in total. The van der Waals surface area contributed by atoms with Crippen LogP contribution in [0.4, 0.5) is 5.69 Å². The number of nitrogens with one attached hydrogen (secondary N) is 1. The minimum Gasteiger partial charge on any atom is -0.379 e. The molecule has 0 amide bonds. The van der Waals surface area contributed by atoms with Crippen molar-refractivity contribution in [1.29, 1.82) is 0 Å². The summed E-state index contributed by atoms with van der Waals surface area (Å²) in [4.78, 5) is 11.2. The Kier molecular flexibility index (Phi) is 4.78. The number of unbranched alkanes of at least 4 members (excludes halogenated alkanes) is 1. The zero-order valence-corrected chi connectivity index (χ0v) is 11.9. The molecule has 19 heavy (non-hydrogen) atoms. The highest BCUT2D eigenvalue weighted by Crippen LogP contribution is 2.26. The number of Topliss-reactive ketones (excluding diaryl/α,β-unsaturated/α-hetero) is 1. The number of hydrogen-bond acceptors (Lipinski definition) is 2. The number of hydrogen-bond donors (Lipinski definition) is 1. The van der Waals surface area contributed by atoms with Gasteiger partial charge >= 0.3 is 0 Å². The van der Waals surface area contributed by atoms with Crippen LogP contribution in [0.2, 0.25) is 0 Å². The van der Waals surface area contributed by atoms with Gasteiger partial charge in [0.05, 0.1) is 0 Å². The van der Waals surface area contributed by atoms with Gasteiger partial charge in [0.1, 0.15) is 0 Å². The van der Waals surface area contributed by atoms with Crippen LogP contribution in [0, 0.1) is 0 Å². The quantitative estimate of drug-likeness (QED) is 0.597. The summed E-state index contributed by atoms with van der Waals surface area (Å²) in [5.41, 5.74) is 3.44. The number of allylic oxidation sites excluding steroid dienone is 1. The lowest BCUT2D eigenvalue weighted by atomic mass is 10.0. The maximum atomic E-state index is 11.2. The van der Waals surface area contributed by atoms with Crippen molar-refractivity contribution in [1.82, 2.24) is 0 Å². The smallest absolute Gasteiger partial charge is 0.159 e. The third kappa shape index (κ3) is 3.69. The fraction of sp³-hybridized carbons (Fsp3) is 0.471. The monoisotopic (exact) mass is 257 g/mol. The van der Waals surface area contributed by atoms with E-state index < -0.39 is 0 Å². The summed E-state index contributed by atoms with van der Waals surface area (Å²) < 4.78 is 0. The van der Waals surface area contributed by atoms with Gasteiger partial charge in [-0.15, -0.1) is 0 Å². The molecule has 0 saturated heterocycles. The van der Waals surface area contributed by atoms with Crippen molar-refractivity contribution >= 4 is 11.5 Å². The predicted molar refractivity (Wildman–Crippen MR) is 80.7 cm³/mol. The van der Waals surface area contributed by atoms with Crippen LogP contribution < -0.4 is 5.32 Å². The number of carbonyl (C=O) groups is 1. The van der Waals surface area contributed by atoms with Gasteiger partial charge in [-0.25, -0.2) is 0 Å². The van der Waals surface area contributed by atoms with Crippen molar-refractivity contribution in [2.75, 3.05) is 5.32 Å². The van der Waals surface area contributed by atoms with Gasteiger partial charge in [-0.1, -0.05) is 25.0 Å². The molecule has 0 aromatic heterocycles. The topological polar surface area (TPSA) is 29.1 Å². The van der Waals surface area contributed by atoms with Gasteiger partial charge in [-0.2, -0.15) is 0 Å². The van der Waals surface area contributed by atoms with Crippen LogP contribution in [-0.2, 0) is 0 Å². The van der Waals surface area contributed by atoms with Gasteiger partial charge in [0.2, 0.25) is 0 Å². The van der Waals surface area contributed by atoms with E-state index in [1.165, 1.54) is 32.1 Å². The molecular weight excluding hydrogens is 234 g/mol. The van der Waals surface area contributed by atoms with Crippen molar-refractivity contribution in [3.8, 4) is 0 Å². The second-order valence-corrected chi connectivity index (χ2v) is 5.29. The van der Waals surface area contributed by atoms with Crippen molar-refractivity contribution in [2.24, 2.45) is 0 Å². The molecule has 1 unspecified atom stereocenters. The highest BCUT2D eigenvalue weighted by atomic mass is 16.1. The SMILES string of the molecule is CCCCC1=CCCC1Nc1ccc(C(C)=O)cc1. The van der Waals surface area contributed by atoms with E-state index in [-0.39, 0.29) is 5.78 Å². The number of anilines is 1. The first-order valence-corrected chi connectivity index (χ1v) is 7.27. The lowest BCUT2D eigenvalue weighted by Gasteiger charge is -2.18. The van der Waals surface area contributed by atoms with E-state index in [4.69, 9.17) is 0 Å². The molecule has 1 atom stereocenters. The van der Waals surface area contributed by atoms with Crippen molar-refractivity contribution < 1.29 is 4.79 Å². The summed E-state index contributed by atoms with van der Waals surface area (Å²) in [5.74, 6) is 0.121. The lowest BCUT2D eigenvalue weighted by molar-refractivity contribution is 0.101. The Bertz CT molecular complexity index is 459. The van der Waals surface area contributed by atoms with E-state index in [9.17, 15) is 4.79 Å². The van der Waals surface area contributed by atoms with E-state index in [0.717, 1.165) is 11.3 Å². The fourth-order valence-corrected chi connectivity index (χ4v) is 2.59. The summed E-state index contributed by atoms with van der Waals surface area (Å²) in [6.07, 6.45) is 8.48. The van der Waals surface area contributed by atoms with Gasteiger partial charge in [0.15, 0.2) is 5.78 Å². The van der Waals surface area contributed by atoms with E-state index in [0.29, 0.717) is 6.04 Å². The van der Waals surface area contributed by atoms with Crippen molar-refractivity contribution in [3.63, 3.8) is 0 Å². The van der Waals surface area contributed by atoms with Gasteiger partial charge in [-0.3, -0.25) is 4.79 Å². The standard InChI is InChI=1S/C17H23NO/c1-3-4-6-15-7-5-8-17(15)18-16-11-9-14(10-12-16)13(2)19/h7,9-12,17-18H,3-6,8H2,1-2H3. The number of ketones is 1. The largest absolute Gasteiger partial charge is 0.379 e. The van der Waals surface area contributed by atoms with Crippen molar-refractivity contribution in [3.05, 3.63) is 41.5 Å². The summed E-state index contributed by atoms with van der Waals surface area (Å²) in [7, 11) is 0. The van der Waals surface area contributed by atoms with Gasteiger partial charge in [0.25, 0.3) is 0 Å². The highest BCUT2D eigenvalue weighted by Gasteiger charge is 2.18. The Labute approximate surface area is 115 Å². The van der Waals surface area contributed by atoms with Crippen LogP contribution in [0.5, 0.6) is 0 Å². The molecule has 102 valence electrons. The molecule has 2 rings (SSSR count). The first-order valence-electron chi connectivity index (χ1n) is 7.27. The first kappa shape index (κ1) is 13.9. The van der Waals surface area contributed by atoms with E-state index >= 15 is 0 Å². The molecule has 0 spiro atoms. The molecule has 1 N–H and O–H groups in total. The number of carbonyl (C=O) groups excluding carboxylic acids is 1. The fourth-order valence-electron chi connectivity index (χ4n) is 2.59. The maximum Gasteiger partial charge on any atom is 0.159 e. The normalized spacial score (nSPS) is 18.2. The lowest BCUT2D eigenvalue weighted by Crippen LogP contribution is -2.18. The van der Waals surface area contributed by atoms with Gasteiger partial charge < -0.3 is 5.32 Å². The Morgan fingerprint density at radius 1 is 1.32 bits per heavy atom. The Morgan fingerprint density at radius 3 is 2.68 bits per heavy atom. The van der Waals surface area contributed by atoms with Gasteiger partial charge in [0, 0.05) is 17.3 Å². The minimum absolute atomic E-state index is 0.121. The average Bonchev–Trinajstić information content (AvgIpc) is 2.84. The third-order valence-corrected chi connectivity index (χ3v) is 3.76. The number of benzene rings is 1. The third-order valence-electron chi connectivity index (χ3n) is 3.76. The first-order chi connectivity index (χ1) is 9.20. The molecule has 1 aliphatic rings. The van der Waals surface area contributed by atoms with Crippen molar-refractivity contribution in [2.45, 2.75) is 52.0 Å². The molecule has 1 aliphatic carbocycles. The van der Waals surface area contributed by atoms with E-state index in [2.05, 4.69) is 18.3 Å². The minimum atomic E-state index is 0.121. The molecule has 1 aromatic rings. The summed E-state index contributed by atoms with van der Waals surface area (Å²) in [6.45, 7) is 3.84. The molecule has 2 heteroatoms. The summed E-state index contributed by atoms with van der Waals surface area (Å²) in [6, 6.07) is 8.29. The second kappa shape index (κ2) is 6.55. The highest BCUT2D eigenvalue weighted by molar-refractivity contribution is 5.94. The summed E-state index contributed by atoms with van der Waals surface area (Å²) >= 11 is 0. The van der Waals surface area contributed by atoms with Crippen LogP contribution in [0.15, 0.2) is 35.9 Å². The Hall–Kier alpha value is -1.57. The number of rotatable bonds is 6. The summed E-state index contributed by atoms with van der Waals surface area (Å²) in [5, 5.41) is 3.59. The molecule has 0 fully saturated rings. The molecule has 0 radical (unpaired) electrons. The second-order valence-electron chi connectivity index (χ2n) is 5.29. The molecule has 0 saturated carbocycles. The van der Waals surface area contributed by atoms with E-state index in [1.807, 2.05) is 24.3 Å². The molecule has 0 bridgehead atoms. The molecule has 1 aromatic carbocycles. The maximum absolute atomic E-state index is 11.2.